The van der Waals surface area contributed by atoms with E-state index in [1.165, 1.54) is 6.42 Å². The topological polar surface area (TPSA) is 37.4 Å². The molecule has 3 aliphatic carbocycles. The van der Waals surface area contributed by atoms with E-state index in [0.717, 1.165) is 32.1 Å². The Hall–Kier alpha value is 0.1000. The molecular formula is C15H19Br2NO2. The summed E-state index contributed by atoms with van der Waals surface area (Å²) in [7, 11) is 0. The summed E-state index contributed by atoms with van der Waals surface area (Å²) in [6.07, 6.45) is 6.62. The first-order chi connectivity index (χ1) is 9.61. The molecule has 1 heterocycles. The normalized spacial score (nSPS) is 48.2. The van der Waals surface area contributed by atoms with Gasteiger partial charge in [0.1, 0.15) is 0 Å². The zero-order valence-electron chi connectivity index (χ0n) is 11.3. The van der Waals surface area contributed by atoms with E-state index in [1.807, 2.05) is 0 Å². The predicted octanol–water partition coefficient (Wildman–Crippen LogP) is 3.10. The van der Waals surface area contributed by atoms with Crippen LogP contribution in [0.3, 0.4) is 0 Å². The third kappa shape index (κ3) is 1.68. The Bertz CT molecular complexity index is 431. The Morgan fingerprint density at radius 3 is 1.85 bits per heavy atom. The number of carbonyl (C=O) groups excluding carboxylic acids is 2. The van der Waals surface area contributed by atoms with Crippen molar-refractivity contribution >= 4 is 43.7 Å². The molecule has 4 rings (SSSR count). The summed E-state index contributed by atoms with van der Waals surface area (Å²) in [5, 5.41) is 0. The summed E-state index contributed by atoms with van der Waals surface area (Å²) in [5.41, 5.74) is 0. The molecular weight excluding hydrogens is 386 g/mol. The lowest BCUT2D eigenvalue weighted by atomic mass is 9.81. The van der Waals surface area contributed by atoms with Crippen LogP contribution in [0.25, 0.3) is 0 Å². The third-order valence-electron chi connectivity index (χ3n) is 5.96. The highest BCUT2D eigenvalue weighted by molar-refractivity contribution is 9.12. The third-order valence-corrected chi connectivity index (χ3v) is 9.17. The number of amides is 2. The van der Waals surface area contributed by atoms with Gasteiger partial charge >= 0.3 is 0 Å². The SMILES string of the molecule is O=C1[C@H]2[C@H]3C[C@@H]([C@@H](Br)[C@@H]3Br)[C@@H]2C(=O)N1C1CCCCC1. The summed E-state index contributed by atoms with van der Waals surface area (Å²) in [6.45, 7) is 0. The zero-order chi connectivity index (χ0) is 14.0. The Morgan fingerprint density at radius 2 is 1.35 bits per heavy atom. The van der Waals surface area contributed by atoms with Gasteiger partial charge in [-0.25, -0.2) is 0 Å². The highest BCUT2D eigenvalue weighted by atomic mass is 79.9. The summed E-state index contributed by atoms with van der Waals surface area (Å²) >= 11 is 7.46. The maximum atomic E-state index is 12.8. The Morgan fingerprint density at radius 1 is 0.850 bits per heavy atom. The van der Waals surface area contributed by atoms with Gasteiger partial charge in [-0.15, -0.1) is 0 Å². The zero-order valence-corrected chi connectivity index (χ0v) is 14.5. The van der Waals surface area contributed by atoms with E-state index in [-0.39, 0.29) is 29.7 Å². The summed E-state index contributed by atoms with van der Waals surface area (Å²) in [4.78, 5) is 28.0. The molecule has 3 nitrogen and oxygen atoms in total. The number of alkyl halides is 2. The molecule has 4 fully saturated rings. The van der Waals surface area contributed by atoms with E-state index in [2.05, 4.69) is 31.9 Å². The van der Waals surface area contributed by atoms with Crippen molar-refractivity contribution in [3.8, 4) is 0 Å². The van der Waals surface area contributed by atoms with Gasteiger partial charge in [-0.2, -0.15) is 0 Å². The molecule has 0 aromatic rings. The first-order valence-electron chi connectivity index (χ1n) is 7.76. The van der Waals surface area contributed by atoms with Gasteiger partial charge in [0, 0.05) is 15.7 Å². The molecule has 0 aromatic heterocycles. The van der Waals surface area contributed by atoms with Crippen LogP contribution in [0.1, 0.15) is 38.5 Å². The number of hydrogen-bond donors (Lipinski definition) is 0. The first-order valence-corrected chi connectivity index (χ1v) is 9.59. The molecule has 1 saturated heterocycles. The molecule has 5 heteroatoms. The summed E-state index contributed by atoms with van der Waals surface area (Å²) in [6, 6.07) is 0.191. The Kier molecular flexibility index (Phi) is 3.30. The number of halogens is 2. The molecule has 0 radical (unpaired) electrons. The molecule has 2 amide bonds. The van der Waals surface area contributed by atoms with Crippen molar-refractivity contribution in [3.05, 3.63) is 0 Å². The second-order valence-electron chi connectivity index (χ2n) is 6.84. The predicted molar refractivity (Wildman–Crippen MR) is 82.7 cm³/mol. The van der Waals surface area contributed by atoms with Crippen LogP contribution in [-0.2, 0) is 9.59 Å². The summed E-state index contributed by atoms with van der Waals surface area (Å²) in [5.74, 6) is 0.908. The standard InChI is InChI=1S/C15H19Br2NO2/c16-12-8-6-9(13(12)17)11-10(8)14(19)18(15(11)20)7-4-2-1-3-5-7/h7-13H,1-6H2/t8-,9-,10+,11+,12-,13-/m1/s1. The summed E-state index contributed by atoms with van der Waals surface area (Å²) < 4.78 is 0. The maximum Gasteiger partial charge on any atom is 0.233 e. The fourth-order valence-corrected chi connectivity index (χ4v) is 6.94. The van der Waals surface area contributed by atoms with Gasteiger partial charge < -0.3 is 0 Å². The smallest absolute Gasteiger partial charge is 0.233 e. The van der Waals surface area contributed by atoms with Crippen molar-refractivity contribution in [2.75, 3.05) is 0 Å². The fraction of sp³-hybridized carbons (Fsp3) is 0.867. The van der Waals surface area contributed by atoms with Gasteiger partial charge in [-0.1, -0.05) is 51.1 Å². The second-order valence-corrected chi connectivity index (χ2v) is 8.96. The lowest BCUT2D eigenvalue weighted by Crippen LogP contribution is -2.42. The highest BCUT2D eigenvalue weighted by Crippen LogP contribution is 2.60. The van der Waals surface area contributed by atoms with Crippen LogP contribution in [0, 0.1) is 23.7 Å². The van der Waals surface area contributed by atoms with Gasteiger partial charge in [0.25, 0.3) is 0 Å². The molecule has 0 N–H and O–H groups in total. The van der Waals surface area contributed by atoms with Gasteiger partial charge in [0.2, 0.25) is 11.8 Å². The minimum absolute atomic E-state index is 0.0346. The van der Waals surface area contributed by atoms with Gasteiger partial charge in [-0.05, 0) is 31.1 Å². The van der Waals surface area contributed by atoms with Crippen molar-refractivity contribution in [2.24, 2.45) is 23.7 Å². The van der Waals surface area contributed by atoms with Crippen LogP contribution in [0.5, 0.6) is 0 Å². The molecule has 2 bridgehead atoms. The van der Waals surface area contributed by atoms with Crippen LogP contribution < -0.4 is 0 Å². The molecule has 110 valence electrons. The quantitative estimate of drug-likeness (QED) is 0.497. The van der Waals surface area contributed by atoms with Crippen molar-refractivity contribution in [2.45, 2.75) is 54.2 Å². The van der Waals surface area contributed by atoms with Gasteiger partial charge in [0.05, 0.1) is 11.8 Å². The highest BCUT2D eigenvalue weighted by Gasteiger charge is 2.66. The van der Waals surface area contributed by atoms with E-state index < -0.39 is 0 Å². The van der Waals surface area contributed by atoms with Crippen LogP contribution in [0.15, 0.2) is 0 Å². The number of fused-ring (bicyclic) bond motifs is 5. The van der Waals surface area contributed by atoms with Crippen molar-refractivity contribution in [1.29, 1.82) is 0 Å². The molecule has 6 atom stereocenters. The van der Waals surface area contributed by atoms with Crippen LogP contribution >= 0.6 is 31.9 Å². The second kappa shape index (κ2) is 4.80. The maximum absolute atomic E-state index is 12.8. The average molecular weight is 405 g/mol. The lowest BCUT2D eigenvalue weighted by Gasteiger charge is -2.30. The number of likely N-dealkylation sites (tertiary alicyclic amines) is 1. The fourth-order valence-electron chi connectivity index (χ4n) is 5.07. The minimum Gasteiger partial charge on any atom is -0.279 e. The van der Waals surface area contributed by atoms with Crippen LogP contribution in [-0.4, -0.2) is 32.4 Å². The Labute approximate surface area is 136 Å². The van der Waals surface area contributed by atoms with E-state index in [4.69, 9.17) is 0 Å². The minimum atomic E-state index is -0.0346. The van der Waals surface area contributed by atoms with Crippen molar-refractivity contribution < 1.29 is 9.59 Å². The van der Waals surface area contributed by atoms with Crippen molar-refractivity contribution in [1.82, 2.24) is 4.90 Å². The molecule has 3 saturated carbocycles. The van der Waals surface area contributed by atoms with Crippen LogP contribution in [0.2, 0.25) is 0 Å². The molecule has 20 heavy (non-hydrogen) atoms. The number of hydrogen-bond acceptors (Lipinski definition) is 2. The van der Waals surface area contributed by atoms with E-state index >= 15 is 0 Å². The Balaban J connectivity index is 1.63. The molecule has 0 spiro atoms. The number of imide groups is 1. The van der Waals surface area contributed by atoms with E-state index in [1.54, 1.807) is 4.90 Å². The molecule has 1 aliphatic heterocycles. The number of carbonyl (C=O) groups is 2. The van der Waals surface area contributed by atoms with Crippen molar-refractivity contribution in [3.63, 3.8) is 0 Å². The van der Waals surface area contributed by atoms with E-state index in [0.29, 0.717) is 21.5 Å². The largest absolute Gasteiger partial charge is 0.279 e. The number of rotatable bonds is 1. The first kappa shape index (κ1) is 13.7. The van der Waals surface area contributed by atoms with Gasteiger partial charge in [-0.3, -0.25) is 14.5 Å². The molecule has 0 aromatic carbocycles. The van der Waals surface area contributed by atoms with Gasteiger partial charge in [0.15, 0.2) is 0 Å². The average Bonchev–Trinajstić information content (AvgIpc) is 3.05. The molecule has 4 aliphatic rings. The monoisotopic (exact) mass is 403 g/mol. The molecule has 0 unspecified atom stereocenters. The lowest BCUT2D eigenvalue weighted by molar-refractivity contribution is -0.144. The van der Waals surface area contributed by atoms with E-state index in [9.17, 15) is 9.59 Å². The van der Waals surface area contributed by atoms with Crippen LogP contribution in [0.4, 0.5) is 0 Å². The number of nitrogens with zero attached hydrogens (tertiary/aromatic N) is 1.